The molecule has 0 spiro atoms. The van der Waals surface area contributed by atoms with Crippen molar-refractivity contribution >= 4 is 23.1 Å². The average molecular weight is 486 g/mol. The number of aromatic nitrogens is 3. The predicted octanol–water partition coefficient (Wildman–Crippen LogP) is 4.91. The first-order valence-electron chi connectivity index (χ1n) is 12.2. The molecule has 9 heteroatoms. The lowest BCUT2D eigenvalue weighted by Gasteiger charge is -2.20. The summed E-state index contributed by atoms with van der Waals surface area (Å²) in [6.07, 6.45) is 2.33. The quantitative estimate of drug-likeness (QED) is 0.517. The maximum atomic E-state index is 14.7. The van der Waals surface area contributed by atoms with Crippen LogP contribution in [0.25, 0.3) is 5.70 Å². The first-order valence-corrected chi connectivity index (χ1v) is 12.2. The van der Waals surface area contributed by atoms with E-state index in [4.69, 9.17) is 5.73 Å². The fourth-order valence-electron chi connectivity index (χ4n) is 4.88. The van der Waals surface area contributed by atoms with E-state index in [9.17, 15) is 18.4 Å². The van der Waals surface area contributed by atoms with Crippen molar-refractivity contribution in [2.75, 3.05) is 5.32 Å². The van der Waals surface area contributed by atoms with E-state index in [0.29, 0.717) is 23.8 Å². The molecule has 2 aromatic rings. The summed E-state index contributed by atoms with van der Waals surface area (Å²) in [5, 5.41) is 11.3. The number of hydrogen-bond acceptors (Lipinski definition) is 5. The Hall–Kier alpha value is -3.10. The van der Waals surface area contributed by atoms with Crippen molar-refractivity contribution in [1.29, 1.82) is 0 Å². The van der Waals surface area contributed by atoms with E-state index in [1.165, 1.54) is 6.08 Å². The van der Waals surface area contributed by atoms with Crippen molar-refractivity contribution in [3.8, 4) is 0 Å². The standard InChI is InChI=1S/C26H33F2N5O2/c1-14(2)9-18(34)11-21(29)24-32-31-23(33(24)17-6-7-17)19-12-26(27,28)13-20(19)25(35)30-22-8-5-15(3)10-16(22)4/h5,8,10-11,14,17,19-20H,6-7,9,12-13,29H2,1-4H3,(H,30,35)/t19-,20-/m0/s1. The number of aryl methyl sites for hydroxylation is 2. The number of rotatable bonds is 8. The number of amides is 1. The number of nitrogens with one attached hydrogen (secondary N) is 1. The van der Waals surface area contributed by atoms with Crippen LogP contribution in [-0.2, 0) is 9.59 Å². The SMILES string of the molecule is Cc1ccc(NC(=O)[C@H]2CC(F)(F)C[C@@H]2c2nnc(C(N)=CC(=O)CC(C)C)n2C2CC2)c(C)c1. The molecular formula is C26H33F2N5O2. The lowest BCUT2D eigenvalue weighted by molar-refractivity contribution is -0.121. The van der Waals surface area contributed by atoms with E-state index in [1.54, 1.807) is 10.6 Å². The van der Waals surface area contributed by atoms with Gasteiger partial charge in [0.15, 0.2) is 11.6 Å². The van der Waals surface area contributed by atoms with Crippen LogP contribution in [0.4, 0.5) is 14.5 Å². The van der Waals surface area contributed by atoms with E-state index in [0.717, 1.165) is 24.0 Å². The summed E-state index contributed by atoms with van der Waals surface area (Å²) in [4.78, 5) is 25.5. The first-order chi connectivity index (χ1) is 16.4. The normalized spacial score (nSPS) is 22.0. The Morgan fingerprint density at radius 1 is 1.23 bits per heavy atom. The Balaban J connectivity index is 1.65. The highest BCUT2D eigenvalue weighted by molar-refractivity contribution is 5.96. The lowest BCUT2D eigenvalue weighted by Crippen LogP contribution is -2.27. The average Bonchev–Trinajstić information content (AvgIpc) is 3.40. The second-order valence-electron chi connectivity index (χ2n) is 10.4. The van der Waals surface area contributed by atoms with Crippen LogP contribution in [0.5, 0.6) is 0 Å². The van der Waals surface area contributed by atoms with Crippen molar-refractivity contribution in [2.24, 2.45) is 17.6 Å². The molecule has 0 radical (unpaired) electrons. The minimum absolute atomic E-state index is 0.0272. The fraction of sp³-hybridized carbons (Fsp3) is 0.538. The summed E-state index contributed by atoms with van der Waals surface area (Å²) >= 11 is 0. The number of nitrogens with zero attached hydrogens (tertiary/aromatic N) is 3. The van der Waals surface area contributed by atoms with Gasteiger partial charge in [-0.3, -0.25) is 9.59 Å². The third-order valence-electron chi connectivity index (χ3n) is 6.65. The van der Waals surface area contributed by atoms with Gasteiger partial charge in [0, 0.05) is 43.0 Å². The molecule has 2 fully saturated rings. The largest absolute Gasteiger partial charge is 0.396 e. The molecule has 2 atom stereocenters. The summed E-state index contributed by atoms with van der Waals surface area (Å²) in [6.45, 7) is 7.70. The van der Waals surface area contributed by atoms with Gasteiger partial charge < -0.3 is 15.6 Å². The fourth-order valence-corrected chi connectivity index (χ4v) is 4.88. The molecule has 2 aliphatic carbocycles. The van der Waals surface area contributed by atoms with Crippen LogP contribution in [0, 0.1) is 25.7 Å². The van der Waals surface area contributed by atoms with Gasteiger partial charge in [0.1, 0.15) is 5.82 Å². The number of alkyl halides is 2. The Morgan fingerprint density at radius 2 is 1.94 bits per heavy atom. The number of carbonyl (C=O) groups is 2. The van der Waals surface area contributed by atoms with Crippen LogP contribution in [0.2, 0.25) is 0 Å². The van der Waals surface area contributed by atoms with Crippen molar-refractivity contribution in [3.05, 3.63) is 47.1 Å². The number of ketones is 1. The van der Waals surface area contributed by atoms with E-state index in [2.05, 4.69) is 15.5 Å². The molecule has 7 nitrogen and oxygen atoms in total. The van der Waals surface area contributed by atoms with Gasteiger partial charge >= 0.3 is 0 Å². The summed E-state index contributed by atoms with van der Waals surface area (Å²) in [7, 11) is 0. The predicted molar refractivity (Wildman–Crippen MR) is 130 cm³/mol. The summed E-state index contributed by atoms with van der Waals surface area (Å²) < 4.78 is 31.1. The van der Waals surface area contributed by atoms with Gasteiger partial charge in [-0.05, 0) is 44.2 Å². The second kappa shape index (κ2) is 9.51. The Labute approximate surface area is 204 Å². The van der Waals surface area contributed by atoms with Gasteiger partial charge in [-0.1, -0.05) is 31.5 Å². The van der Waals surface area contributed by atoms with Crippen LogP contribution < -0.4 is 11.1 Å². The number of allylic oxidation sites excluding steroid dienone is 1. The van der Waals surface area contributed by atoms with E-state index in [1.807, 2.05) is 39.8 Å². The minimum Gasteiger partial charge on any atom is -0.396 e. The molecule has 0 unspecified atom stereocenters. The molecule has 1 amide bonds. The number of halogens is 2. The maximum Gasteiger partial charge on any atom is 0.249 e. The second-order valence-corrected chi connectivity index (χ2v) is 10.4. The Bertz CT molecular complexity index is 1170. The van der Waals surface area contributed by atoms with Gasteiger partial charge in [-0.2, -0.15) is 0 Å². The molecular weight excluding hydrogens is 452 g/mol. The Morgan fingerprint density at radius 3 is 2.57 bits per heavy atom. The molecule has 1 aromatic carbocycles. The number of nitrogens with two attached hydrogens (primary N) is 1. The van der Waals surface area contributed by atoms with Crippen LogP contribution in [0.3, 0.4) is 0 Å². The molecule has 0 saturated heterocycles. The van der Waals surface area contributed by atoms with E-state index >= 15 is 0 Å². The van der Waals surface area contributed by atoms with Gasteiger partial charge in [-0.15, -0.1) is 10.2 Å². The monoisotopic (exact) mass is 485 g/mol. The van der Waals surface area contributed by atoms with Crippen molar-refractivity contribution < 1.29 is 18.4 Å². The lowest BCUT2D eigenvalue weighted by atomic mass is 9.93. The molecule has 2 aliphatic rings. The smallest absolute Gasteiger partial charge is 0.249 e. The first kappa shape index (κ1) is 25.0. The molecule has 1 heterocycles. The topological polar surface area (TPSA) is 103 Å². The van der Waals surface area contributed by atoms with Crippen LogP contribution in [0.15, 0.2) is 24.3 Å². The van der Waals surface area contributed by atoms with Crippen LogP contribution >= 0.6 is 0 Å². The maximum absolute atomic E-state index is 14.7. The van der Waals surface area contributed by atoms with E-state index < -0.39 is 36.5 Å². The molecule has 3 N–H and O–H groups in total. The molecule has 35 heavy (non-hydrogen) atoms. The minimum atomic E-state index is -3.00. The van der Waals surface area contributed by atoms with Crippen molar-refractivity contribution in [3.63, 3.8) is 0 Å². The third kappa shape index (κ3) is 5.60. The molecule has 1 aromatic heterocycles. The number of carbonyl (C=O) groups excluding carboxylic acids is 2. The van der Waals surface area contributed by atoms with Crippen LogP contribution in [-0.4, -0.2) is 32.4 Å². The highest BCUT2D eigenvalue weighted by Gasteiger charge is 2.52. The summed E-state index contributed by atoms with van der Waals surface area (Å²) in [6, 6.07) is 5.62. The van der Waals surface area contributed by atoms with Gasteiger partial charge in [0.05, 0.1) is 11.6 Å². The van der Waals surface area contributed by atoms with Gasteiger partial charge in [0.2, 0.25) is 11.8 Å². The van der Waals surface area contributed by atoms with E-state index in [-0.39, 0.29) is 23.4 Å². The zero-order valence-electron chi connectivity index (χ0n) is 20.6. The summed E-state index contributed by atoms with van der Waals surface area (Å²) in [5.74, 6) is -4.52. The molecule has 188 valence electrons. The van der Waals surface area contributed by atoms with Gasteiger partial charge in [0.25, 0.3) is 0 Å². The molecule has 4 rings (SSSR count). The van der Waals surface area contributed by atoms with Crippen molar-refractivity contribution in [2.45, 2.75) is 77.7 Å². The zero-order valence-corrected chi connectivity index (χ0v) is 20.6. The van der Waals surface area contributed by atoms with Gasteiger partial charge in [-0.25, -0.2) is 8.78 Å². The van der Waals surface area contributed by atoms with Crippen molar-refractivity contribution in [1.82, 2.24) is 14.8 Å². The zero-order chi connectivity index (χ0) is 25.5. The third-order valence-corrected chi connectivity index (χ3v) is 6.65. The number of benzene rings is 1. The summed E-state index contributed by atoms with van der Waals surface area (Å²) in [5.41, 5.74) is 8.91. The highest BCUT2D eigenvalue weighted by Crippen LogP contribution is 2.50. The number of hydrogen-bond donors (Lipinski definition) is 2. The molecule has 0 bridgehead atoms. The van der Waals surface area contributed by atoms with Crippen LogP contribution in [0.1, 0.15) is 80.7 Å². The highest BCUT2D eigenvalue weighted by atomic mass is 19.3. The molecule has 0 aliphatic heterocycles. The number of anilines is 1. The Kier molecular flexibility index (Phi) is 6.79. The molecule has 2 saturated carbocycles.